The molecule has 0 saturated carbocycles. The van der Waals surface area contributed by atoms with E-state index in [1.54, 1.807) is 6.92 Å². The Morgan fingerprint density at radius 1 is 1.00 bits per heavy atom. The molecule has 7 heteroatoms. The van der Waals surface area contributed by atoms with Crippen molar-refractivity contribution in [1.82, 2.24) is 9.97 Å². The summed E-state index contributed by atoms with van der Waals surface area (Å²) in [5.41, 5.74) is 0.246. The van der Waals surface area contributed by atoms with Crippen LogP contribution in [0.4, 0.5) is 24.8 Å². The molecule has 4 nitrogen and oxygen atoms in total. The molecule has 2 N–H and O–H groups in total. The van der Waals surface area contributed by atoms with Gasteiger partial charge in [0.1, 0.15) is 24.0 Å². The second kappa shape index (κ2) is 5.85. The number of hydrogen-bond acceptors (Lipinski definition) is 4. The number of nitrogens with zero attached hydrogens (tertiary/aromatic N) is 2. The Balaban J connectivity index is 3.17. The number of halogens is 3. The average molecular weight is 290 g/mol. The predicted molar refractivity (Wildman–Crippen MR) is 74.2 cm³/mol. The normalized spacial score (nSPS) is 12.4. The molecule has 20 heavy (non-hydrogen) atoms. The van der Waals surface area contributed by atoms with Crippen molar-refractivity contribution in [2.75, 3.05) is 23.7 Å². The zero-order valence-corrected chi connectivity index (χ0v) is 12.4. The summed E-state index contributed by atoms with van der Waals surface area (Å²) in [6.45, 7) is 8.88. The minimum atomic E-state index is -4.28. The van der Waals surface area contributed by atoms with Crippen LogP contribution in [-0.4, -0.2) is 29.2 Å². The highest BCUT2D eigenvalue weighted by Gasteiger charge is 2.28. The molecular formula is C13H21F3N4. The molecule has 0 fully saturated rings. The molecule has 1 aromatic rings. The van der Waals surface area contributed by atoms with Crippen molar-refractivity contribution < 1.29 is 13.2 Å². The third-order valence-corrected chi connectivity index (χ3v) is 2.62. The Morgan fingerprint density at radius 2 is 1.50 bits per heavy atom. The Labute approximate surface area is 117 Å². The molecule has 114 valence electrons. The fourth-order valence-electron chi connectivity index (χ4n) is 1.55. The van der Waals surface area contributed by atoms with Crippen LogP contribution < -0.4 is 10.6 Å². The molecule has 0 aliphatic carbocycles. The van der Waals surface area contributed by atoms with Gasteiger partial charge in [-0.15, -0.1) is 0 Å². The number of hydrogen-bond donors (Lipinski definition) is 2. The molecule has 1 rings (SSSR count). The lowest BCUT2D eigenvalue weighted by atomic mass is 9.95. The van der Waals surface area contributed by atoms with Crippen LogP contribution >= 0.6 is 0 Å². The van der Waals surface area contributed by atoms with Gasteiger partial charge in [0.05, 0.1) is 0 Å². The van der Waals surface area contributed by atoms with Gasteiger partial charge in [-0.05, 0) is 13.8 Å². The molecular weight excluding hydrogens is 269 g/mol. The van der Waals surface area contributed by atoms with Gasteiger partial charge >= 0.3 is 6.18 Å². The monoisotopic (exact) mass is 290 g/mol. The second-order valence-electron chi connectivity index (χ2n) is 5.62. The summed E-state index contributed by atoms with van der Waals surface area (Å²) in [6.07, 6.45) is -4.28. The van der Waals surface area contributed by atoms with Crippen molar-refractivity contribution in [1.29, 1.82) is 0 Å². The van der Waals surface area contributed by atoms with E-state index in [0.29, 0.717) is 23.8 Å². The van der Waals surface area contributed by atoms with Crippen LogP contribution in [0.15, 0.2) is 0 Å². The van der Waals surface area contributed by atoms with E-state index < -0.39 is 12.7 Å². The van der Waals surface area contributed by atoms with Crippen molar-refractivity contribution in [3.05, 3.63) is 11.4 Å². The molecule has 1 aromatic heterocycles. The largest absolute Gasteiger partial charge is 0.405 e. The summed E-state index contributed by atoms with van der Waals surface area (Å²) in [5.74, 6) is 1.29. The molecule has 0 saturated heterocycles. The van der Waals surface area contributed by atoms with Gasteiger partial charge in [-0.3, -0.25) is 0 Å². The van der Waals surface area contributed by atoms with Crippen molar-refractivity contribution >= 4 is 11.6 Å². The van der Waals surface area contributed by atoms with Crippen LogP contribution in [0, 0.1) is 6.92 Å². The van der Waals surface area contributed by atoms with Crippen LogP contribution in [0.3, 0.4) is 0 Å². The zero-order chi connectivity index (χ0) is 15.6. The lowest BCUT2D eigenvalue weighted by molar-refractivity contribution is -0.115. The standard InChI is InChI=1S/C13H21F3N4/c1-6-17-9-8(2)10(18-7-13(14,15)16)20-11(19-9)12(3,4)5/h6-7H2,1-5H3,(H2,17,18,19,20). The molecule has 0 aliphatic rings. The van der Waals surface area contributed by atoms with E-state index in [1.807, 2.05) is 27.7 Å². The summed E-state index contributed by atoms with van der Waals surface area (Å²) in [5, 5.41) is 5.40. The van der Waals surface area contributed by atoms with E-state index in [0.717, 1.165) is 0 Å². The van der Waals surface area contributed by atoms with Crippen molar-refractivity contribution in [2.45, 2.75) is 46.2 Å². The van der Waals surface area contributed by atoms with Crippen LogP contribution in [0.5, 0.6) is 0 Å². The summed E-state index contributed by atoms with van der Waals surface area (Å²) in [6, 6.07) is 0. The predicted octanol–water partition coefficient (Wildman–Crippen LogP) is 3.49. The third-order valence-electron chi connectivity index (χ3n) is 2.62. The summed E-state index contributed by atoms with van der Waals surface area (Å²) < 4.78 is 37.0. The maximum atomic E-state index is 12.3. The minimum Gasteiger partial charge on any atom is -0.370 e. The Kier molecular flexibility index (Phi) is 4.83. The van der Waals surface area contributed by atoms with Gasteiger partial charge in [0, 0.05) is 17.5 Å². The smallest absolute Gasteiger partial charge is 0.370 e. The van der Waals surface area contributed by atoms with Crippen LogP contribution in [0.2, 0.25) is 0 Å². The maximum absolute atomic E-state index is 12.3. The number of alkyl halides is 3. The Morgan fingerprint density at radius 3 is 1.90 bits per heavy atom. The fourth-order valence-corrected chi connectivity index (χ4v) is 1.55. The van der Waals surface area contributed by atoms with Gasteiger partial charge in [0.15, 0.2) is 0 Å². The van der Waals surface area contributed by atoms with Gasteiger partial charge in [-0.25, -0.2) is 9.97 Å². The number of rotatable bonds is 4. The molecule has 0 amide bonds. The summed E-state index contributed by atoms with van der Waals surface area (Å²) in [7, 11) is 0. The molecule has 0 unspecified atom stereocenters. The first-order valence-corrected chi connectivity index (χ1v) is 6.48. The highest BCUT2D eigenvalue weighted by molar-refractivity contribution is 5.57. The maximum Gasteiger partial charge on any atom is 0.405 e. The molecule has 0 aromatic carbocycles. The lowest BCUT2D eigenvalue weighted by Gasteiger charge is -2.21. The number of anilines is 2. The molecule has 0 spiro atoms. The number of nitrogens with one attached hydrogen (secondary N) is 2. The quantitative estimate of drug-likeness (QED) is 0.891. The molecule has 0 atom stereocenters. The zero-order valence-electron chi connectivity index (χ0n) is 12.4. The van der Waals surface area contributed by atoms with Crippen LogP contribution in [0.25, 0.3) is 0 Å². The first kappa shape index (κ1) is 16.5. The van der Waals surface area contributed by atoms with Gasteiger partial charge in [-0.2, -0.15) is 13.2 Å². The fraction of sp³-hybridized carbons (Fsp3) is 0.692. The average Bonchev–Trinajstić information content (AvgIpc) is 2.27. The Bertz CT molecular complexity index is 464. The molecule has 1 heterocycles. The van der Waals surface area contributed by atoms with Crippen LogP contribution in [0.1, 0.15) is 39.1 Å². The molecule has 0 radical (unpaired) electrons. The highest BCUT2D eigenvalue weighted by atomic mass is 19.4. The van der Waals surface area contributed by atoms with E-state index >= 15 is 0 Å². The third kappa shape index (κ3) is 4.54. The van der Waals surface area contributed by atoms with Crippen molar-refractivity contribution in [3.8, 4) is 0 Å². The van der Waals surface area contributed by atoms with Crippen molar-refractivity contribution in [2.24, 2.45) is 0 Å². The first-order valence-electron chi connectivity index (χ1n) is 6.48. The SMILES string of the molecule is CCNc1nc(C(C)(C)C)nc(NCC(F)(F)F)c1C. The van der Waals surface area contributed by atoms with E-state index in [2.05, 4.69) is 20.6 Å². The number of aromatic nitrogens is 2. The van der Waals surface area contributed by atoms with Gasteiger partial charge in [-0.1, -0.05) is 20.8 Å². The summed E-state index contributed by atoms with van der Waals surface area (Å²) in [4.78, 5) is 8.62. The minimum absolute atomic E-state index is 0.221. The van der Waals surface area contributed by atoms with Gasteiger partial charge in [0.2, 0.25) is 0 Å². The van der Waals surface area contributed by atoms with E-state index in [1.165, 1.54) is 0 Å². The second-order valence-corrected chi connectivity index (χ2v) is 5.62. The summed E-state index contributed by atoms with van der Waals surface area (Å²) >= 11 is 0. The van der Waals surface area contributed by atoms with Crippen molar-refractivity contribution in [3.63, 3.8) is 0 Å². The molecule has 0 aliphatic heterocycles. The topological polar surface area (TPSA) is 49.8 Å². The van der Waals surface area contributed by atoms with Crippen LogP contribution in [-0.2, 0) is 5.41 Å². The van der Waals surface area contributed by atoms with E-state index in [-0.39, 0.29) is 11.2 Å². The van der Waals surface area contributed by atoms with Gasteiger partial charge in [0.25, 0.3) is 0 Å². The van der Waals surface area contributed by atoms with E-state index in [9.17, 15) is 13.2 Å². The van der Waals surface area contributed by atoms with E-state index in [4.69, 9.17) is 0 Å². The highest BCUT2D eigenvalue weighted by Crippen LogP contribution is 2.27. The van der Waals surface area contributed by atoms with Gasteiger partial charge < -0.3 is 10.6 Å². The Hall–Kier alpha value is -1.53. The lowest BCUT2D eigenvalue weighted by Crippen LogP contribution is -2.25. The molecule has 0 bridgehead atoms. The first-order chi connectivity index (χ1) is 9.04.